The van der Waals surface area contributed by atoms with E-state index in [9.17, 15) is 0 Å². The summed E-state index contributed by atoms with van der Waals surface area (Å²) in [7, 11) is 0. The zero-order valence-electron chi connectivity index (χ0n) is 8.15. The molecule has 1 rings (SSSR count). The predicted octanol–water partition coefficient (Wildman–Crippen LogP) is 1.43. The van der Waals surface area contributed by atoms with E-state index in [0.717, 1.165) is 16.6 Å². The fourth-order valence-corrected chi connectivity index (χ4v) is 2.34. The molecule has 0 bridgehead atoms. The van der Waals surface area contributed by atoms with E-state index in [0.29, 0.717) is 5.75 Å². The van der Waals surface area contributed by atoms with E-state index in [2.05, 4.69) is 9.36 Å². The van der Waals surface area contributed by atoms with Crippen LogP contribution in [0.25, 0.3) is 0 Å². The van der Waals surface area contributed by atoms with E-state index in [-0.39, 0.29) is 0 Å². The Morgan fingerprint density at radius 2 is 2.43 bits per heavy atom. The normalized spacial score (nSPS) is 14.7. The van der Waals surface area contributed by atoms with Gasteiger partial charge in [-0.05, 0) is 18.5 Å². The lowest BCUT2D eigenvalue weighted by molar-refractivity contribution is 0.682. The van der Waals surface area contributed by atoms with Crippen LogP contribution in [0.1, 0.15) is 19.7 Å². The SMILES string of the molecule is CCc1nsc(SCC(C)(N)C#N)n1. The van der Waals surface area contributed by atoms with Gasteiger partial charge in [0.15, 0.2) is 4.34 Å². The second-order valence-corrected chi connectivity index (χ2v) is 5.12. The lowest BCUT2D eigenvalue weighted by Gasteiger charge is -2.12. The number of rotatable bonds is 4. The number of thioether (sulfide) groups is 1. The minimum absolute atomic E-state index is 0.543. The number of aryl methyl sites for hydroxylation is 1. The molecule has 1 aromatic heterocycles. The summed E-state index contributed by atoms with van der Waals surface area (Å²) in [6, 6.07) is 2.05. The van der Waals surface area contributed by atoms with E-state index >= 15 is 0 Å². The molecular weight excluding hydrogens is 216 g/mol. The van der Waals surface area contributed by atoms with E-state index < -0.39 is 5.54 Å². The smallest absolute Gasteiger partial charge is 0.170 e. The third kappa shape index (κ3) is 3.25. The molecule has 0 saturated heterocycles. The van der Waals surface area contributed by atoms with Crippen molar-refractivity contribution in [2.75, 3.05) is 5.75 Å². The Hall–Kier alpha value is -0.640. The molecule has 0 spiro atoms. The zero-order valence-corrected chi connectivity index (χ0v) is 9.78. The van der Waals surface area contributed by atoms with Gasteiger partial charge in [0.05, 0.1) is 6.07 Å². The Morgan fingerprint density at radius 1 is 1.71 bits per heavy atom. The second kappa shape index (κ2) is 4.73. The summed E-state index contributed by atoms with van der Waals surface area (Å²) >= 11 is 2.85. The van der Waals surface area contributed by atoms with Crippen LogP contribution in [-0.2, 0) is 6.42 Å². The maximum atomic E-state index is 8.70. The van der Waals surface area contributed by atoms with Gasteiger partial charge in [-0.25, -0.2) is 4.98 Å². The molecule has 0 aliphatic rings. The molecule has 0 saturated carbocycles. The van der Waals surface area contributed by atoms with Crippen LogP contribution in [0.5, 0.6) is 0 Å². The molecule has 1 atom stereocenters. The maximum absolute atomic E-state index is 8.70. The first kappa shape index (κ1) is 11.4. The summed E-state index contributed by atoms with van der Waals surface area (Å²) in [4.78, 5) is 4.27. The molecule has 4 nitrogen and oxygen atoms in total. The third-order valence-electron chi connectivity index (χ3n) is 1.52. The predicted molar refractivity (Wildman–Crippen MR) is 58.2 cm³/mol. The number of hydrogen-bond acceptors (Lipinski definition) is 6. The quantitative estimate of drug-likeness (QED) is 0.789. The first-order chi connectivity index (χ1) is 6.57. The Balaban J connectivity index is 2.50. The Bertz CT molecular complexity index is 339. The lowest BCUT2D eigenvalue weighted by atomic mass is 10.1. The van der Waals surface area contributed by atoms with Gasteiger partial charge in [0.2, 0.25) is 0 Å². The number of hydrogen-bond donors (Lipinski definition) is 1. The highest BCUT2D eigenvalue weighted by molar-refractivity contribution is 8.01. The Kier molecular flexibility index (Phi) is 3.86. The van der Waals surface area contributed by atoms with Crippen molar-refractivity contribution in [2.24, 2.45) is 5.73 Å². The number of nitrogens with zero attached hydrogens (tertiary/aromatic N) is 3. The summed E-state index contributed by atoms with van der Waals surface area (Å²) in [6.45, 7) is 3.72. The van der Waals surface area contributed by atoms with Crippen LogP contribution < -0.4 is 5.73 Å². The molecule has 0 fully saturated rings. The molecule has 0 amide bonds. The Labute approximate surface area is 91.7 Å². The van der Waals surface area contributed by atoms with Gasteiger partial charge in [0.1, 0.15) is 11.4 Å². The summed E-state index contributed by atoms with van der Waals surface area (Å²) in [6.07, 6.45) is 0.842. The van der Waals surface area contributed by atoms with Crippen molar-refractivity contribution in [1.29, 1.82) is 5.26 Å². The summed E-state index contributed by atoms with van der Waals surface area (Å²) in [5, 5.41) is 8.70. The molecule has 0 aliphatic heterocycles. The van der Waals surface area contributed by atoms with Crippen LogP contribution in [0.3, 0.4) is 0 Å². The molecule has 1 unspecified atom stereocenters. The molecule has 0 radical (unpaired) electrons. The fraction of sp³-hybridized carbons (Fsp3) is 0.625. The van der Waals surface area contributed by atoms with Gasteiger partial charge in [-0.2, -0.15) is 9.64 Å². The monoisotopic (exact) mass is 228 g/mol. The van der Waals surface area contributed by atoms with Crippen molar-refractivity contribution in [2.45, 2.75) is 30.1 Å². The van der Waals surface area contributed by atoms with Gasteiger partial charge >= 0.3 is 0 Å². The van der Waals surface area contributed by atoms with Crippen molar-refractivity contribution in [3.05, 3.63) is 5.82 Å². The van der Waals surface area contributed by atoms with Crippen LogP contribution in [-0.4, -0.2) is 20.6 Å². The second-order valence-electron chi connectivity index (χ2n) is 3.15. The van der Waals surface area contributed by atoms with Crippen LogP contribution in [0.15, 0.2) is 4.34 Å². The number of aromatic nitrogens is 2. The van der Waals surface area contributed by atoms with Crippen molar-refractivity contribution >= 4 is 23.3 Å². The minimum atomic E-state index is -0.789. The van der Waals surface area contributed by atoms with E-state index in [4.69, 9.17) is 11.0 Å². The molecule has 2 N–H and O–H groups in total. The van der Waals surface area contributed by atoms with Crippen molar-refractivity contribution in [1.82, 2.24) is 9.36 Å². The minimum Gasteiger partial charge on any atom is -0.313 e. The highest BCUT2D eigenvalue weighted by Crippen LogP contribution is 2.23. The maximum Gasteiger partial charge on any atom is 0.170 e. The van der Waals surface area contributed by atoms with Gasteiger partial charge in [-0.15, -0.1) is 0 Å². The highest BCUT2D eigenvalue weighted by Gasteiger charge is 2.18. The number of nitrogens with two attached hydrogens (primary N) is 1. The van der Waals surface area contributed by atoms with Crippen LogP contribution in [0.2, 0.25) is 0 Å². The van der Waals surface area contributed by atoms with Crippen LogP contribution >= 0.6 is 23.3 Å². The van der Waals surface area contributed by atoms with E-state index in [1.165, 1.54) is 23.3 Å². The molecule has 76 valence electrons. The average Bonchev–Trinajstić information content (AvgIpc) is 2.63. The van der Waals surface area contributed by atoms with Gasteiger partial charge in [-0.1, -0.05) is 18.7 Å². The topological polar surface area (TPSA) is 75.6 Å². The van der Waals surface area contributed by atoms with Crippen molar-refractivity contribution < 1.29 is 0 Å². The van der Waals surface area contributed by atoms with Gasteiger partial charge < -0.3 is 5.73 Å². The van der Waals surface area contributed by atoms with Gasteiger partial charge in [-0.3, -0.25) is 0 Å². The summed E-state index contributed by atoms with van der Waals surface area (Å²) in [5.74, 6) is 1.40. The molecule has 14 heavy (non-hydrogen) atoms. The van der Waals surface area contributed by atoms with E-state index in [1.54, 1.807) is 6.92 Å². The number of nitriles is 1. The molecule has 1 heterocycles. The molecule has 0 aliphatic carbocycles. The zero-order chi connectivity index (χ0) is 10.6. The largest absolute Gasteiger partial charge is 0.313 e. The highest BCUT2D eigenvalue weighted by atomic mass is 32.2. The van der Waals surface area contributed by atoms with Crippen LogP contribution in [0.4, 0.5) is 0 Å². The average molecular weight is 228 g/mol. The van der Waals surface area contributed by atoms with Gasteiger partial charge in [0.25, 0.3) is 0 Å². The summed E-state index contributed by atoms with van der Waals surface area (Å²) < 4.78 is 5.03. The molecular formula is C8H12N4S2. The molecule has 1 aromatic rings. The van der Waals surface area contributed by atoms with Crippen LogP contribution in [0, 0.1) is 11.3 Å². The molecule has 0 aromatic carbocycles. The van der Waals surface area contributed by atoms with E-state index in [1.807, 2.05) is 13.0 Å². The first-order valence-electron chi connectivity index (χ1n) is 4.23. The van der Waals surface area contributed by atoms with Gasteiger partial charge in [0, 0.05) is 12.2 Å². The van der Waals surface area contributed by atoms with Crippen molar-refractivity contribution in [3.8, 4) is 6.07 Å². The standard InChI is InChI=1S/C8H12N4S2/c1-3-6-11-7(14-12-6)13-5-8(2,10)4-9/h3,5,10H2,1-2H3. The fourth-order valence-electron chi connectivity index (χ4n) is 0.684. The lowest BCUT2D eigenvalue weighted by Crippen LogP contribution is -2.36. The third-order valence-corrected chi connectivity index (χ3v) is 3.73. The Morgan fingerprint density at radius 3 is 2.93 bits per heavy atom. The molecule has 6 heteroatoms. The first-order valence-corrected chi connectivity index (χ1v) is 5.99. The van der Waals surface area contributed by atoms with Crippen molar-refractivity contribution in [3.63, 3.8) is 0 Å². The summed E-state index contributed by atoms with van der Waals surface area (Å²) in [5.41, 5.74) is 4.89.